The van der Waals surface area contributed by atoms with Crippen molar-refractivity contribution in [2.75, 3.05) is 35.8 Å². The molecular formula is C21H25ClN8O2. The third-order valence-electron chi connectivity index (χ3n) is 5.18. The highest BCUT2D eigenvalue weighted by molar-refractivity contribution is 6.30. The van der Waals surface area contributed by atoms with E-state index in [1.54, 1.807) is 11.2 Å². The number of anilines is 3. The molecule has 1 aliphatic rings. The van der Waals surface area contributed by atoms with Gasteiger partial charge in [-0.2, -0.15) is 15.0 Å². The second-order valence-electron chi connectivity index (χ2n) is 7.71. The van der Waals surface area contributed by atoms with Crippen molar-refractivity contribution in [1.29, 1.82) is 0 Å². The van der Waals surface area contributed by atoms with Gasteiger partial charge in [-0.05, 0) is 37.6 Å². The highest BCUT2D eigenvalue weighted by Gasteiger charge is 2.35. The van der Waals surface area contributed by atoms with Crippen LogP contribution in [0.25, 0.3) is 5.69 Å². The number of rotatable bonds is 7. The first-order chi connectivity index (χ1) is 15.4. The van der Waals surface area contributed by atoms with Crippen LogP contribution in [0, 0.1) is 0 Å². The summed E-state index contributed by atoms with van der Waals surface area (Å²) in [6.45, 7) is 4.28. The van der Waals surface area contributed by atoms with Crippen molar-refractivity contribution in [2.24, 2.45) is 0 Å². The molecule has 1 aliphatic heterocycles. The lowest BCUT2D eigenvalue weighted by molar-refractivity contribution is 0.178. The van der Waals surface area contributed by atoms with Crippen LogP contribution in [0.1, 0.15) is 32.0 Å². The van der Waals surface area contributed by atoms with Crippen LogP contribution in [0.3, 0.4) is 0 Å². The van der Waals surface area contributed by atoms with Gasteiger partial charge in [0.1, 0.15) is 6.61 Å². The predicted octanol–water partition coefficient (Wildman–Crippen LogP) is 3.69. The van der Waals surface area contributed by atoms with Crippen LogP contribution in [0.15, 0.2) is 36.8 Å². The number of aromatic nitrogens is 5. The Morgan fingerprint density at radius 2 is 2.00 bits per heavy atom. The number of hydrogen-bond donors (Lipinski definition) is 1. The smallest absolute Gasteiger partial charge is 0.417 e. The van der Waals surface area contributed by atoms with Gasteiger partial charge in [0.25, 0.3) is 0 Å². The van der Waals surface area contributed by atoms with E-state index in [0.717, 1.165) is 17.8 Å². The van der Waals surface area contributed by atoms with E-state index < -0.39 is 6.09 Å². The van der Waals surface area contributed by atoms with Crippen molar-refractivity contribution in [2.45, 2.75) is 32.4 Å². The molecule has 4 rings (SSSR count). The van der Waals surface area contributed by atoms with E-state index in [1.165, 1.54) is 4.90 Å². The summed E-state index contributed by atoms with van der Waals surface area (Å²) < 4.78 is 7.11. The number of carbonyl (C=O) groups is 1. The van der Waals surface area contributed by atoms with Crippen molar-refractivity contribution in [1.82, 2.24) is 24.5 Å². The van der Waals surface area contributed by atoms with Crippen LogP contribution >= 0.6 is 11.6 Å². The molecule has 1 amide bonds. The van der Waals surface area contributed by atoms with E-state index in [2.05, 4.69) is 25.3 Å². The molecule has 1 saturated heterocycles. The van der Waals surface area contributed by atoms with E-state index >= 15 is 0 Å². The molecule has 32 heavy (non-hydrogen) atoms. The molecule has 168 valence electrons. The fourth-order valence-corrected chi connectivity index (χ4v) is 3.44. The molecule has 2 atom stereocenters. The first-order valence-electron chi connectivity index (χ1n) is 10.3. The Labute approximate surface area is 191 Å². The number of amides is 1. The molecule has 0 unspecified atom stereocenters. The molecule has 1 fully saturated rings. The topological polar surface area (TPSA) is 101 Å². The van der Waals surface area contributed by atoms with Gasteiger partial charge in [0.15, 0.2) is 0 Å². The first kappa shape index (κ1) is 21.8. The Morgan fingerprint density at radius 1 is 1.25 bits per heavy atom. The molecule has 3 aromatic rings. The molecule has 1 N–H and O–H groups in total. The molecule has 10 nitrogen and oxygen atoms in total. The summed E-state index contributed by atoms with van der Waals surface area (Å²) in [6, 6.07) is 7.21. The van der Waals surface area contributed by atoms with E-state index in [-0.39, 0.29) is 18.0 Å². The predicted molar refractivity (Wildman–Crippen MR) is 123 cm³/mol. The zero-order valence-corrected chi connectivity index (χ0v) is 19.1. The molecule has 0 spiro atoms. The minimum atomic E-state index is -0.450. The van der Waals surface area contributed by atoms with Gasteiger partial charge in [0.05, 0.1) is 24.1 Å². The number of cyclic esters (lactones) is 1. The SMILES string of the molecule is CC[C@H]1COC(=O)N1c1nc(N[C@@H](C)c2cn(-c3ccc(Cl)cc3)cn2)nc(N(C)C)n1. The van der Waals surface area contributed by atoms with Gasteiger partial charge in [-0.1, -0.05) is 18.5 Å². The minimum absolute atomic E-state index is 0.111. The summed E-state index contributed by atoms with van der Waals surface area (Å²) in [4.78, 5) is 33.5. The summed E-state index contributed by atoms with van der Waals surface area (Å²) in [5, 5.41) is 3.95. The van der Waals surface area contributed by atoms with Crippen molar-refractivity contribution in [3.63, 3.8) is 0 Å². The lowest BCUT2D eigenvalue weighted by Crippen LogP contribution is -2.35. The van der Waals surface area contributed by atoms with Crippen molar-refractivity contribution < 1.29 is 9.53 Å². The van der Waals surface area contributed by atoms with Gasteiger partial charge in [0.2, 0.25) is 17.8 Å². The van der Waals surface area contributed by atoms with Crippen molar-refractivity contribution in [3.8, 4) is 5.69 Å². The lowest BCUT2D eigenvalue weighted by Gasteiger charge is -2.21. The number of imidazole rings is 1. The number of halogens is 1. The molecular weight excluding hydrogens is 432 g/mol. The molecule has 0 saturated carbocycles. The van der Waals surface area contributed by atoms with Crippen LogP contribution in [-0.2, 0) is 4.74 Å². The number of ether oxygens (including phenoxy) is 1. The lowest BCUT2D eigenvalue weighted by atomic mass is 10.2. The highest BCUT2D eigenvalue weighted by Crippen LogP contribution is 2.25. The molecule has 3 heterocycles. The molecule has 1 aromatic carbocycles. The maximum Gasteiger partial charge on any atom is 0.417 e. The number of benzene rings is 1. The van der Waals surface area contributed by atoms with Crippen LogP contribution in [-0.4, -0.2) is 57.3 Å². The summed E-state index contributed by atoms with van der Waals surface area (Å²) >= 11 is 5.98. The van der Waals surface area contributed by atoms with Gasteiger partial charge in [-0.15, -0.1) is 0 Å². The van der Waals surface area contributed by atoms with Gasteiger partial charge < -0.3 is 19.5 Å². The molecule has 0 aliphatic carbocycles. The summed E-state index contributed by atoms with van der Waals surface area (Å²) in [5.74, 6) is 1.05. The van der Waals surface area contributed by atoms with E-state index in [9.17, 15) is 4.79 Å². The van der Waals surface area contributed by atoms with Crippen LogP contribution in [0.4, 0.5) is 22.6 Å². The minimum Gasteiger partial charge on any atom is -0.447 e. The summed E-state index contributed by atoms with van der Waals surface area (Å²) in [5.41, 5.74) is 1.76. The largest absolute Gasteiger partial charge is 0.447 e. The molecule has 11 heteroatoms. The first-order valence-corrected chi connectivity index (χ1v) is 10.7. The van der Waals surface area contributed by atoms with Crippen molar-refractivity contribution >= 4 is 35.5 Å². The monoisotopic (exact) mass is 456 g/mol. The van der Waals surface area contributed by atoms with E-state index in [4.69, 9.17) is 16.3 Å². The Bertz CT molecular complexity index is 1100. The molecule has 2 aromatic heterocycles. The van der Waals surface area contributed by atoms with Crippen molar-refractivity contribution in [3.05, 3.63) is 47.5 Å². The summed E-state index contributed by atoms with van der Waals surface area (Å²) in [6.07, 6.45) is 3.96. The second kappa shape index (κ2) is 8.99. The standard InChI is InChI=1S/C21H25ClN8O2/c1-5-15-11-32-21(31)30(15)20-26-18(25-19(27-20)28(3)4)24-13(2)17-10-29(12-23-17)16-8-6-14(22)7-9-16/h6-10,12-13,15H,5,11H2,1-4H3,(H,24,25,26,27)/t13-,15-/m0/s1. The Kier molecular flexibility index (Phi) is 6.13. The van der Waals surface area contributed by atoms with Crippen LogP contribution in [0.5, 0.6) is 0 Å². The summed E-state index contributed by atoms with van der Waals surface area (Å²) in [7, 11) is 3.67. The quantitative estimate of drug-likeness (QED) is 0.574. The van der Waals surface area contributed by atoms with Gasteiger partial charge in [-0.3, -0.25) is 0 Å². The fraction of sp³-hybridized carbons (Fsp3) is 0.381. The molecule has 0 radical (unpaired) electrons. The Morgan fingerprint density at radius 3 is 2.69 bits per heavy atom. The Hall–Kier alpha value is -3.40. The van der Waals surface area contributed by atoms with Gasteiger partial charge >= 0.3 is 6.09 Å². The maximum atomic E-state index is 12.3. The number of carbonyl (C=O) groups excluding carboxylic acids is 1. The Balaban J connectivity index is 1.59. The molecule has 0 bridgehead atoms. The third-order valence-corrected chi connectivity index (χ3v) is 5.43. The van der Waals surface area contributed by atoms with Crippen LogP contribution < -0.4 is 15.1 Å². The fourth-order valence-electron chi connectivity index (χ4n) is 3.32. The third kappa shape index (κ3) is 4.45. The normalized spacial score (nSPS) is 16.7. The average Bonchev–Trinajstić information content (AvgIpc) is 3.41. The van der Waals surface area contributed by atoms with Gasteiger partial charge in [-0.25, -0.2) is 14.7 Å². The maximum absolute atomic E-state index is 12.3. The number of nitrogens with zero attached hydrogens (tertiary/aromatic N) is 7. The van der Waals surface area contributed by atoms with Gasteiger partial charge in [0, 0.05) is 31.0 Å². The van der Waals surface area contributed by atoms with E-state index in [0.29, 0.717) is 23.5 Å². The average molecular weight is 457 g/mol. The zero-order chi connectivity index (χ0) is 22.8. The van der Waals surface area contributed by atoms with Crippen LogP contribution in [0.2, 0.25) is 5.02 Å². The second-order valence-corrected chi connectivity index (χ2v) is 8.15. The number of hydrogen-bond acceptors (Lipinski definition) is 8. The highest BCUT2D eigenvalue weighted by atomic mass is 35.5. The number of nitrogens with one attached hydrogen (secondary N) is 1. The zero-order valence-electron chi connectivity index (χ0n) is 18.4. The van der Waals surface area contributed by atoms with E-state index in [1.807, 2.05) is 63.0 Å².